The smallest absolute Gasteiger partial charge is 0.182 e. The highest BCUT2D eigenvalue weighted by Crippen LogP contribution is 2.47. The van der Waals surface area contributed by atoms with Crippen molar-refractivity contribution in [3.8, 4) is 23.0 Å². The Morgan fingerprint density at radius 3 is 2.40 bits per heavy atom. The van der Waals surface area contributed by atoms with Crippen molar-refractivity contribution in [1.82, 2.24) is 0 Å². The molecule has 0 aromatic heterocycles. The second kappa shape index (κ2) is 15.2. The number of allylic oxidation sites excluding steroid dienone is 7. The number of aromatic hydroxyl groups is 2. The van der Waals surface area contributed by atoms with Crippen LogP contribution < -0.4 is 9.47 Å². The maximum Gasteiger partial charge on any atom is 0.182 e. The van der Waals surface area contributed by atoms with E-state index in [-0.39, 0.29) is 23.2 Å². The highest BCUT2D eigenvalue weighted by molar-refractivity contribution is 6.02. The molecule has 0 amide bonds. The van der Waals surface area contributed by atoms with E-state index in [2.05, 4.69) is 39.8 Å². The van der Waals surface area contributed by atoms with E-state index in [0.717, 1.165) is 42.9 Å². The minimum absolute atomic E-state index is 0.0109. The lowest BCUT2D eigenvalue weighted by Crippen LogP contribution is -2.23. The SMILES string of the molecule is COc1cc(C=CC(=O)C=C(O)C=Cc2cc(OC)c(O)c(C3C=C(C)CCC3C(C)CCC=C(C)C)c2)ccc1O. The number of phenols is 2. The quantitative estimate of drug-likeness (QED) is 0.102. The molecule has 0 saturated carbocycles. The van der Waals surface area contributed by atoms with Gasteiger partial charge >= 0.3 is 0 Å². The van der Waals surface area contributed by atoms with Crippen LogP contribution in [0.3, 0.4) is 0 Å². The van der Waals surface area contributed by atoms with Crippen LogP contribution in [-0.4, -0.2) is 35.3 Å². The Bertz CT molecular complexity index is 1400. The molecule has 3 atom stereocenters. The molecule has 1 aliphatic rings. The number of phenolic OH excluding ortho intramolecular Hbond substituents is 2. The molecule has 0 spiro atoms. The summed E-state index contributed by atoms with van der Waals surface area (Å²) in [5.74, 6) is 1.09. The number of ether oxygens (including phenoxy) is 2. The molecule has 0 fully saturated rings. The predicted octanol–water partition coefficient (Wildman–Crippen LogP) is 8.68. The number of carbonyl (C=O) groups is 1. The third kappa shape index (κ3) is 8.90. The maximum atomic E-state index is 12.4. The summed E-state index contributed by atoms with van der Waals surface area (Å²) in [7, 11) is 2.98. The third-order valence-electron chi connectivity index (χ3n) is 7.79. The molecule has 1 aliphatic carbocycles. The number of methoxy groups -OCH3 is 2. The van der Waals surface area contributed by atoms with Crippen LogP contribution in [0.15, 0.2) is 77.6 Å². The first kappa shape index (κ1) is 32.3. The van der Waals surface area contributed by atoms with Crippen LogP contribution >= 0.6 is 0 Å². The molecule has 2 aromatic carbocycles. The van der Waals surface area contributed by atoms with Crippen molar-refractivity contribution < 1.29 is 29.6 Å². The highest BCUT2D eigenvalue weighted by Gasteiger charge is 2.31. The van der Waals surface area contributed by atoms with Gasteiger partial charge in [-0.15, -0.1) is 0 Å². The monoisotopic (exact) mass is 572 g/mol. The number of ketones is 1. The van der Waals surface area contributed by atoms with Crippen molar-refractivity contribution in [2.75, 3.05) is 14.2 Å². The molecule has 0 radical (unpaired) electrons. The van der Waals surface area contributed by atoms with Gasteiger partial charge in [-0.3, -0.25) is 4.79 Å². The molecule has 0 bridgehead atoms. The summed E-state index contributed by atoms with van der Waals surface area (Å²) >= 11 is 0. The Hall–Kier alpha value is -4.19. The Morgan fingerprint density at radius 1 is 1.02 bits per heavy atom. The van der Waals surface area contributed by atoms with Crippen molar-refractivity contribution in [2.24, 2.45) is 11.8 Å². The fraction of sp³-hybridized carbons (Fsp3) is 0.361. The lowest BCUT2D eigenvalue weighted by atomic mass is 9.70. The first-order valence-electron chi connectivity index (χ1n) is 14.4. The van der Waals surface area contributed by atoms with Crippen LogP contribution in [0, 0.1) is 11.8 Å². The molecule has 0 aliphatic heterocycles. The van der Waals surface area contributed by atoms with Gasteiger partial charge in [-0.2, -0.15) is 0 Å². The number of hydrogen-bond donors (Lipinski definition) is 3. The molecular formula is C36H44O6. The van der Waals surface area contributed by atoms with Gasteiger partial charge in [-0.25, -0.2) is 0 Å². The molecule has 6 heteroatoms. The Labute approximate surface area is 250 Å². The number of benzene rings is 2. The van der Waals surface area contributed by atoms with Gasteiger partial charge in [0.15, 0.2) is 28.8 Å². The van der Waals surface area contributed by atoms with E-state index in [0.29, 0.717) is 28.9 Å². The third-order valence-corrected chi connectivity index (χ3v) is 7.79. The fourth-order valence-electron chi connectivity index (χ4n) is 5.45. The van der Waals surface area contributed by atoms with Crippen LogP contribution in [-0.2, 0) is 4.79 Å². The summed E-state index contributed by atoms with van der Waals surface area (Å²) in [6, 6.07) is 8.40. The lowest BCUT2D eigenvalue weighted by molar-refractivity contribution is -0.110. The molecule has 3 rings (SSSR count). The van der Waals surface area contributed by atoms with Gasteiger partial charge in [0, 0.05) is 17.6 Å². The molecule has 0 saturated heterocycles. The van der Waals surface area contributed by atoms with Crippen LogP contribution in [0.1, 0.15) is 76.0 Å². The van der Waals surface area contributed by atoms with Crippen LogP contribution in [0.4, 0.5) is 0 Å². The average Bonchev–Trinajstić information content (AvgIpc) is 2.95. The van der Waals surface area contributed by atoms with Crippen molar-refractivity contribution >= 4 is 17.9 Å². The molecule has 3 unspecified atom stereocenters. The van der Waals surface area contributed by atoms with E-state index in [4.69, 9.17) is 9.47 Å². The highest BCUT2D eigenvalue weighted by atomic mass is 16.5. The molecular weight excluding hydrogens is 528 g/mol. The van der Waals surface area contributed by atoms with E-state index in [9.17, 15) is 20.1 Å². The Kier molecular flexibility index (Phi) is 11.7. The topological polar surface area (TPSA) is 96.2 Å². The molecule has 42 heavy (non-hydrogen) atoms. The van der Waals surface area contributed by atoms with Gasteiger partial charge in [0.25, 0.3) is 0 Å². The fourth-order valence-corrected chi connectivity index (χ4v) is 5.45. The molecule has 3 N–H and O–H groups in total. The standard InChI is InChI=1S/C36H44O6/c1-23(2)8-7-9-25(4)30-16-10-24(3)18-31(30)32-19-27(21-35(42-6)36(32)40)12-15-29(38)22-28(37)14-11-26-13-17-33(39)34(20-26)41-5/h8,11-15,17-22,25,30-31,38-40H,7,9-10,16H2,1-6H3. The van der Waals surface area contributed by atoms with Gasteiger partial charge in [0.05, 0.1) is 14.2 Å². The maximum absolute atomic E-state index is 12.4. The lowest BCUT2D eigenvalue weighted by Gasteiger charge is -2.35. The average molecular weight is 573 g/mol. The summed E-state index contributed by atoms with van der Waals surface area (Å²) in [6.07, 6.45) is 16.0. The predicted molar refractivity (Wildman–Crippen MR) is 170 cm³/mol. The number of hydrogen-bond acceptors (Lipinski definition) is 6. The minimum atomic E-state index is -0.402. The van der Waals surface area contributed by atoms with E-state index >= 15 is 0 Å². The van der Waals surface area contributed by atoms with Gasteiger partial charge in [-0.1, -0.05) is 48.4 Å². The number of rotatable bonds is 12. The zero-order chi connectivity index (χ0) is 30.8. The first-order valence-corrected chi connectivity index (χ1v) is 14.4. The number of aliphatic hydroxyl groups is 1. The summed E-state index contributed by atoms with van der Waals surface area (Å²) in [4.78, 5) is 12.4. The molecule has 224 valence electrons. The zero-order valence-electron chi connectivity index (χ0n) is 25.6. The first-order chi connectivity index (χ1) is 20.0. The molecule has 6 nitrogen and oxygen atoms in total. The van der Waals surface area contributed by atoms with Crippen molar-refractivity contribution in [3.63, 3.8) is 0 Å². The van der Waals surface area contributed by atoms with Crippen LogP contribution in [0.25, 0.3) is 12.2 Å². The van der Waals surface area contributed by atoms with Crippen LogP contribution in [0.2, 0.25) is 0 Å². The summed E-state index contributed by atoms with van der Waals surface area (Å²) < 4.78 is 10.6. The summed E-state index contributed by atoms with van der Waals surface area (Å²) in [5.41, 5.74) is 4.85. The largest absolute Gasteiger partial charge is 0.508 e. The van der Waals surface area contributed by atoms with Crippen molar-refractivity contribution in [2.45, 2.75) is 59.3 Å². The Morgan fingerprint density at radius 2 is 1.71 bits per heavy atom. The van der Waals surface area contributed by atoms with E-state index in [1.807, 2.05) is 6.07 Å². The molecule has 0 heterocycles. The van der Waals surface area contributed by atoms with Gasteiger partial charge in [0.1, 0.15) is 5.76 Å². The zero-order valence-corrected chi connectivity index (χ0v) is 25.6. The van der Waals surface area contributed by atoms with Crippen molar-refractivity contribution in [3.05, 3.63) is 94.3 Å². The van der Waals surface area contributed by atoms with E-state index in [1.54, 1.807) is 30.4 Å². The van der Waals surface area contributed by atoms with Crippen LogP contribution in [0.5, 0.6) is 23.0 Å². The molecule has 2 aromatic rings. The number of carbonyl (C=O) groups excluding carboxylic acids is 1. The second-order valence-corrected chi connectivity index (χ2v) is 11.3. The summed E-state index contributed by atoms with van der Waals surface area (Å²) in [6.45, 7) is 8.69. The van der Waals surface area contributed by atoms with Gasteiger partial charge in [0.2, 0.25) is 0 Å². The Balaban J connectivity index is 1.84. The normalized spacial score (nSPS) is 18.1. The van der Waals surface area contributed by atoms with Gasteiger partial charge in [-0.05, 0) is 106 Å². The summed E-state index contributed by atoms with van der Waals surface area (Å²) in [5, 5.41) is 31.3. The van der Waals surface area contributed by atoms with E-state index < -0.39 is 5.78 Å². The number of aliphatic hydroxyl groups excluding tert-OH is 1. The second-order valence-electron chi connectivity index (χ2n) is 11.3. The van der Waals surface area contributed by atoms with E-state index in [1.165, 1.54) is 43.6 Å². The minimum Gasteiger partial charge on any atom is -0.508 e. The van der Waals surface area contributed by atoms with Crippen molar-refractivity contribution in [1.29, 1.82) is 0 Å². The van der Waals surface area contributed by atoms with Gasteiger partial charge < -0.3 is 24.8 Å².